The van der Waals surface area contributed by atoms with Crippen LogP contribution < -0.4 is 10.1 Å². The summed E-state index contributed by atoms with van der Waals surface area (Å²) in [6.45, 7) is 4.60. The van der Waals surface area contributed by atoms with Gasteiger partial charge < -0.3 is 15.0 Å². The summed E-state index contributed by atoms with van der Waals surface area (Å²) in [6.07, 6.45) is 0.837. The van der Waals surface area contributed by atoms with E-state index in [1.54, 1.807) is 23.1 Å². The molecule has 2 aromatic carbocycles. The lowest BCUT2D eigenvalue weighted by atomic mass is 10.1. The second-order valence-corrected chi connectivity index (χ2v) is 5.84. The molecule has 0 aromatic heterocycles. The number of nitrogens with one attached hydrogen (secondary N) is 1. The first-order valence-electron chi connectivity index (χ1n) is 8.16. The van der Waals surface area contributed by atoms with E-state index in [0.29, 0.717) is 24.5 Å². The van der Waals surface area contributed by atoms with Gasteiger partial charge in [-0.05, 0) is 17.7 Å². The average molecular weight is 336 g/mol. The summed E-state index contributed by atoms with van der Waals surface area (Å²) in [5.74, 6) is 0.131. The molecule has 0 aliphatic carbocycles. The average Bonchev–Trinajstić information content (AvgIpc) is 2.63. The Morgan fingerprint density at radius 3 is 2.64 bits per heavy atom. The molecule has 0 fully saturated rings. The standard InChI is InChI=1S/C20H20N2O3/c1-2-12-22(14-15-8-4-3-5-9-15)19(23)13-18-20(24)21-16-10-6-7-11-17(16)25-18/h2-11,18H,1,12-14H2,(H,21,24). The molecule has 0 bridgehead atoms. The molecule has 3 rings (SSSR count). The number of amides is 2. The highest BCUT2D eigenvalue weighted by Gasteiger charge is 2.30. The van der Waals surface area contributed by atoms with Crippen LogP contribution in [0.5, 0.6) is 5.75 Å². The van der Waals surface area contributed by atoms with Gasteiger partial charge in [-0.2, -0.15) is 0 Å². The highest BCUT2D eigenvalue weighted by Crippen LogP contribution is 2.29. The number of fused-ring (bicyclic) bond motifs is 1. The van der Waals surface area contributed by atoms with Crippen LogP contribution in [0.3, 0.4) is 0 Å². The van der Waals surface area contributed by atoms with Crippen molar-refractivity contribution in [2.45, 2.75) is 19.1 Å². The number of hydrogen-bond donors (Lipinski definition) is 1. The van der Waals surface area contributed by atoms with Crippen molar-refractivity contribution in [2.75, 3.05) is 11.9 Å². The van der Waals surface area contributed by atoms with Gasteiger partial charge in [0.2, 0.25) is 5.91 Å². The monoisotopic (exact) mass is 336 g/mol. The van der Waals surface area contributed by atoms with Crippen LogP contribution in [0.2, 0.25) is 0 Å². The Morgan fingerprint density at radius 1 is 1.16 bits per heavy atom. The molecular weight excluding hydrogens is 316 g/mol. The van der Waals surface area contributed by atoms with E-state index in [1.165, 1.54) is 0 Å². The second-order valence-electron chi connectivity index (χ2n) is 5.84. The zero-order valence-electron chi connectivity index (χ0n) is 13.9. The largest absolute Gasteiger partial charge is 0.478 e. The number of para-hydroxylation sites is 2. The third-order valence-electron chi connectivity index (χ3n) is 3.99. The van der Waals surface area contributed by atoms with E-state index >= 15 is 0 Å². The minimum atomic E-state index is -0.828. The molecule has 0 saturated carbocycles. The predicted octanol–water partition coefficient (Wildman–Crippen LogP) is 2.99. The highest BCUT2D eigenvalue weighted by atomic mass is 16.5. The molecule has 1 atom stereocenters. The number of ether oxygens (including phenoxy) is 1. The van der Waals surface area contributed by atoms with Crippen molar-refractivity contribution in [3.8, 4) is 5.75 Å². The van der Waals surface area contributed by atoms with Gasteiger partial charge in [0.25, 0.3) is 5.91 Å². The molecule has 1 heterocycles. The van der Waals surface area contributed by atoms with E-state index in [0.717, 1.165) is 5.56 Å². The van der Waals surface area contributed by atoms with Crippen LogP contribution in [-0.4, -0.2) is 29.4 Å². The molecule has 1 N–H and O–H groups in total. The number of carbonyl (C=O) groups is 2. The van der Waals surface area contributed by atoms with Crippen molar-refractivity contribution < 1.29 is 14.3 Å². The predicted molar refractivity (Wildman–Crippen MR) is 96.2 cm³/mol. The molecular formula is C20H20N2O3. The molecule has 0 saturated heterocycles. The Morgan fingerprint density at radius 2 is 1.88 bits per heavy atom. The first-order valence-corrected chi connectivity index (χ1v) is 8.16. The molecule has 2 amide bonds. The quantitative estimate of drug-likeness (QED) is 0.825. The third-order valence-corrected chi connectivity index (χ3v) is 3.99. The molecule has 1 aliphatic heterocycles. The lowest BCUT2D eigenvalue weighted by Gasteiger charge is -2.28. The van der Waals surface area contributed by atoms with Crippen LogP contribution in [0.4, 0.5) is 5.69 Å². The molecule has 5 heteroatoms. The SMILES string of the molecule is C=CCN(Cc1ccccc1)C(=O)CC1Oc2ccccc2NC1=O. The van der Waals surface area contributed by atoms with Gasteiger partial charge in [0.05, 0.1) is 12.1 Å². The summed E-state index contributed by atoms with van der Waals surface area (Å²) in [6, 6.07) is 16.9. The molecule has 25 heavy (non-hydrogen) atoms. The summed E-state index contributed by atoms with van der Waals surface area (Å²) in [5.41, 5.74) is 1.65. The Labute approximate surface area is 146 Å². The maximum absolute atomic E-state index is 12.7. The molecule has 2 aromatic rings. The topological polar surface area (TPSA) is 58.6 Å². The van der Waals surface area contributed by atoms with E-state index in [2.05, 4.69) is 11.9 Å². The van der Waals surface area contributed by atoms with Crippen molar-refractivity contribution in [1.82, 2.24) is 4.90 Å². The molecule has 128 valence electrons. The van der Waals surface area contributed by atoms with Crippen LogP contribution in [0, 0.1) is 0 Å². The summed E-state index contributed by atoms with van der Waals surface area (Å²) < 4.78 is 5.71. The number of anilines is 1. The summed E-state index contributed by atoms with van der Waals surface area (Å²) >= 11 is 0. The lowest BCUT2D eigenvalue weighted by molar-refractivity contribution is -0.137. The van der Waals surface area contributed by atoms with Crippen LogP contribution in [0.1, 0.15) is 12.0 Å². The minimum absolute atomic E-state index is 0.0131. The van der Waals surface area contributed by atoms with E-state index in [1.807, 2.05) is 42.5 Å². The summed E-state index contributed by atoms with van der Waals surface area (Å²) in [4.78, 5) is 26.6. The fraction of sp³-hybridized carbons (Fsp3) is 0.200. The molecule has 0 spiro atoms. The number of carbonyl (C=O) groups excluding carboxylic acids is 2. The molecule has 1 unspecified atom stereocenters. The van der Waals surface area contributed by atoms with Crippen LogP contribution >= 0.6 is 0 Å². The van der Waals surface area contributed by atoms with Gasteiger partial charge >= 0.3 is 0 Å². The van der Waals surface area contributed by atoms with E-state index in [4.69, 9.17) is 4.74 Å². The van der Waals surface area contributed by atoms with Gasteiger partial charge in [0, 0.05) is 13.1 Å². The Kier molecular flexibility index (Phi) is 5.14. The fourth-order valence-electron chi connectivity index (χ4n) is 2.73. The smallest absolute Gasteiger partial charge is 0.266 e. The highest BCUT2D eigenvalue weighted by molar-refractivity contribution is 5.99. The zero-order chi connectivity index (χ0) is 17.6. The number of hydrogen-bond acceptors (Lipinski definition) is 3. The Balaban J connectivity index is 1.69. The van der Waals surface area contributed by atoms with Gasteiger partial charge in [-0.15, -0.1) is 6.58 Å². The number of benzene rings is 2. The molecule has 5 nitrogen and oxygen atoms in total. The van der Waals surface area contributed by atoms with Gasteiger partial charge in [-0.1, -0.05) is 48.5 Å². The molecule has 0 radical (unpaired) electrons. The van der Waals surface area contributed by atoms with E-state index < -0.39 is 6.10 Å². The van der Waals surface area contributed by atoms with Crippen molar-refractivity contribution >= 4 is 17.5 Å². The first kappa shape index (κ1) is 16.8. The number of rotatable bonds is 6. The van der Waals surface area contributed by atoms with Crippen LogP contribution in [0.25, 0.3) is 0 Å². The normalized spacial score (nSPS) is 15.5. The first-order chi connectivity index (χ1) is 12.2. The van der Waals surface area contributed by atoms with Crippen molar-refractivity contribution in [3.05, 3.63) is 72.8 Å². The summed E-state index contributed by atoms with van der Waals surface area (Å²) in [5, 5.41) is 2.78. The van der Waals surface area contributed by atoms with Gasteiger partial charge in [0.15, 0.2) is 6.10 Å². The third kappa shape index (κ3) is 4.07. The zero-order valence-corrected chi connectivity index (χ0v) is 13.9. The number of nitrogens with zero attached hydrogens (tertiary/aromatic N) is 1. The minimum Gasteiger partial charge on any atom is -0.478 e. The van der Waals surface area contributed by atoms with Crippen LogP contribution in [0.15, 0.2) is 67.3 Å². The Bertz CT molecular complexity index is 774. The van der Waals surface area contributed by atoms with Gasteiger partial charge in [0.1, 0.15) is 5.75 Å². The summed E-state index contributed by atoms with van der Waals surface area (Å²) in [7, 11) is 0. The lowest BCUT2D eigenvalue weighted by Crippen LogP contribution is -2.42. The van der Waals surface area contributed by atoms with Crippen molar-refractivity contribution in [1.29, 1.82) is 0 Å². The van der Waals surface area contributed by atoms with Gasteiger partial charge in [-0.3, -0.25) is 9.59 Å². The van der Waals surface area contributed by atoms with Gasteiger partial charge in [-0.25, -0.2) is 0 Å². The second kappa shape index (κ2) is 7.66. The van der Waals surface area contributed by atoms with E-state index in [-0.39, 0.29) is 18.2 Å². The maximum atomic E-state index is 12.7. The Hall–Kier alpha value is -3.08. The van der Waals surface area contributed by atoms with E-state index in [9.17, 15) is 9.59 Å². The maximum Gasteiger partial charge on any atom is 0.266 e. The van der Waals surface area contributed by atoms with Crippen molar-refractivity contribution in [2.24, 2.45) is 0 Å². The van der Waals surface area contributed by atoms with Crippen molar-refractivity contribution in [3.63, 3.8) is 0 Å². The fourth-order valence-corrected chi connectivity index (χ4v) is 2.73. The molecule has 1 aliphatic rings. The van der Waals surface area contributed by atoms with Crippen LogP contribution in [-0.2, 0) is 16.1 Å².